The van der Waals surface area contributed by atoms with E-state index in [0.29, 0.717) is 6.61 Å². The number of carbonyl (C=O) groups is 1. The Bertz CT molecular complexity index is 1030. The van der Waals surface area contributed by atoms with Crippen LogP contribution in [0.1, 0.15) is 30.9 Å². The molecule has 0 atom stereocenters. The summed E-state index contributed by atoms with van der Waals surface area (Å²) >= 11 is 6.37. The van der Waals surface area contributed by atoms with Crippen molar-refractivity contribution in [2.45, 2.75) is 33.6 Å². The molecule has 1 fully saturated rings. The Morgan fingerprint density at radius 1 is 1.17 bits per heavy atom. The second kappa shape index (κ2) is 8.07. The third kappa shape index (κ3) is 3.84. The molecule has 3 aromatic rings. The highest BCUT2D eigenvalue weighted by Crippen LogP contribution is 2.33. The third-order valence-electron chi connectivity index (χ3n) is 5.61. The van der Waals surface area contributed by atoms with Crippen LogP contribution in [0.5, 0.6) is 0 Å². The lowest BCUT2D eigenvalue weighted by Crippen LogP contribution is -2.38. The first-order valence-electron chi connectivity index (χ1n) is 10.1. The maximum absolute atomic E-state index is 12.1. The fourth-order valence-electron chi connectivity index (χ4n) is 3.93. The highest BCUT2D eigenvalue weighted by molar-refractivity contribution is 6.32. The zero-order chi connectivity index (χ0) is 20.5. The van der Waals surface area contributed by atoms with E-state index in [2.05, 4.69) is 46.7 Å². The van der Waals surface area contributed by atoms with Crippen molar-refractivity contribution in [3.05, 3.63) is 52.5 Å². The molecule has 1 aromatic heterocycles. The Balaban J connectivity index is 1.73. The van der Waals surface area contributed by atoms with E-state index in [4.69, 9.17) is 21.3 Å². The molecule has 1 aliphatic rings. The smallest absolute Gasteiger partial charge is 0.309 e. The van der Waals surface area contributed by atoms with Crippen molar-refractivity contribution in [1.82, 2.24) is 9.55 Å². The van der Waals surface area contributed by atoms with Crippen molar-refractivity contribution in [2.75, 3.05) is 24.6 Å². The van der Waals surface area contributed by atoms with Gasteiger partial charge in [0.15, 0.2) is 0 Å². The Hall–Kier alpha value is -2.53. The molecule has 0 amide bonds. The predicted octanol–water partition coefficient (Wildman–Crippen LogP) is 5.08. The van der Waals surface area contributed by atoms with Gasteiger partial charge < -0.3 is 9.64 Å². The van der Waals surface area contributed by atoms with Crippen molar-refractivity contribution in [1.29, 1.82) is 0 Å². The standard InChI is InChI=1S/C23H26ClN3O2/c1-4-29-22(28)17-9-11-26(12-10-17)23-25-20-14-19(24)16(3)13-21(20)27(23)18-7-5-15(2)6-8-18/h5-8,13-14,17H,4,9-12H2,1-3H3. The number of carbonyl (C=O) groups excluding carboxylic acids is 1. The second-order valence-electron chi connectivity index (χ2n) is 7.69. The first-order chi connectivity index (χ1) is 14.0. The van der Waals surface area contributed by atoms with Gasteiger partial charge in [-0.1, -0.05) is 29.3 Å². The summed E-state index contributed by atoms with van der Waals surface area (Å²) in [6, 6.07) is 12.5. The Morgan fingerprint density at radius 2 is 1.86 bits per heavy atom. The molecule has 0 bridgehead atoms. The van der Waals surface area contributed by atoms with Crippen molar-refractivity contribution < 1.29 is 9.53 Å². The number of imidazole rings is 1. The molecule has 0 radical (unpaired) electrons. The maximum atomic E-state index is 12.1. The molecule has 1 saturated heterocycles. The fourth-order valence-corrected chi connectivity index (χ4v) is 4.08. The molecule has 2 heterocycles. The average Bonchev–Trinajstić information content (AvgIpc) is 3.07. The number of anilines is 1. The highest BCUT2D eigenvalue weighted by atomic mass is 35.5. The summed E-state index contributed by atoms with van der Waals surface area (Å²) in [6.45, 7) is 7.92. The summed E-state index contributed by atoms with van der Waals surface area (Å²) < 4.78 is 7.41. The van der Waals surface area contributed by atoms with Crippen molar-refractivity contribution in [3.8, 4) is 5.69 Å². The minimum atomic E-state index is -0.0819. The summed E-state index contributed by atoms with van der Waals surface area (Å²) in [5, 5.41) is 0.721. The summed E-state index contributed by atoms with van der Waals surface area (Å²) in [5.41, 5.74) is 5.23. The van der Waals surface area contributed by atoms with Gasteiger partial charge >= 0.3 is 5.97 Å². The van der Waals surface area contributed by atoms with E-state index in [0.717, 1.165) is 59.2 Å². The van der Waals surface area contributed by atoms with Crippen LogP contribution in [-0.4, -0.2) is 35.2 Å². The summed E-state index contributed by atoms with van der Waals surface area (Å²) in [7, 11) is 0. The number of aryl methyl sites for hydroxylation is 2. The molecule has 0 unspecified atom stereocenters. The van der Waals surface area contributed by atoms with Gasteiger partial charge in [0.05, 0.1) is 23.6 Å². The van der Waals surface area contributed by atoms with E-state index in [1.165, 1.54) is 5.56 Å². The second-order valence-corrected chi connectivity index (χ2v) is 8.09. The first kappa shape index (κ1) is 19.8. The summed E-state index contributed by atoms with van der Waals surface area (Å²) in [6.07, 6.45) is 1.55. The molecule has 0 saturated carbocycles. The van der Waals surface area contributed by atoms with Gasteiger partial charge in [0, 0.05) is 23.8 Å². The van der Waals surface area contributed by atoms with Crippen molar-refractivity contribution in [2.24, 2.45) is 5.92 Å². The van der Waals surface area contributed by atoms with Gasteiger partial charge in [-0.15, -0.1) is 0 Å². The van der Waals surface area contributed by atoms with Crippen LogP contribution in [0, 0.1) is 19.8 Å². The minimum Gasteiger partial charge on any atom is -0.466 e. The quantitative estimate of drug-likeness (QED) is 0.562. The van der Waals surface area contributed by atoms with Crippen LogP contribution < -0.4 is 4.90 Å². The number of benzene rings is 2. The fraction of sp³-hybridized carbons (Fsp3) is 0.391. The van der Waals surface area contributed by atoms with Crippen LogP contribution in [0.3, 0.4) is 0 Å². The molecule has 152 valence electrons. The summed E-state index contributed by atoms with van der Waals surface area (Å²) in [4.78, 5) is 19.3. The number of halogens is 1. The van der Waals surface area contributed by atoms with E-state index in [1.807, 2.05) is 19.9 Å². The van der Waals surface area contributed by atoms with Crippen molar-refractivity contribution in [3.63, 3.8) is 0 Å². The largest absolute Gasteiger partial charge is 0.466 e. The van der Waals surface area contributed by atoms with Gasteiger partial charge in [0.25, 0.3) is 0 Å². The van der Waals surface area contributed by atoms with Gasteiger partial charge in [0.2, 0.25) is 5.95 Å². The Kier molecular flexibility index (Phi) is 5.50. The molecular formula is C23H26ClN3O2. The highest BCUT2D eigenvalue weighted by Gasteiger charge is 2.29. The molecular weight excluding hydrogens is 386 g/mol. The van der Waals surface area contributed by atoms with Gasteiger partial charge in [-0.2, -0.15) is 0 Å². The van der Waals surface area contributed by atoms with Gasteiger partial charge in [-0.05, 0) is 63.4 Å². The number of fused-ring (bicyclic) bond motifs is 1. The molecule has 0 aliphatic carbocycles. The van der Waals surface area contributed by atoms with E-state index in [-0.39, 0.29) is 11.9 Å². The molecule has 0 N–H and O–H groups in total. The molecule has 6 heteroatoms. The lowest BCUT2D eigenvalue weighted by molar-refractivity contribution is -0.148. The first-order valence-corrected chi connectivity index (χ1v) is 10.5. The SMILES string of the molecule is CCOC(=O)C1CCN(c2nc3cc(Cl)c(C)cc3n2-c2ccc(C)cc2)CC1. The normalized spacial score (nSPS) is 15.1. The lowest BCUT2D eigenvalue weighted by atomic mass is 9.97. The zero-order valence-corrected chi connectivity index (χ0v) is 17.9. The number of ether oxygens (including phenoxy) is 1. The molecule has 2 aromatic carbocycles. The number of hydrogen-bond donors (Lipinski definition) is 0. The summed E-state index contributed by atoms with van der Waals surface area (Å²) in [5.74, 6) is 0.787. The topological polar surface area (TPSA) is 47.4 Å². The lowest BCUT2D eigenvalue weighted by Gasteiger charge is -2.32. The van der Waals surface area contributed by atoms with Gasteiger partial charge in [-0.3, -0.25) is 9.36 Å². The average molecular weight is 412 g/mol. The number of piperidine rings is 1. The van der Waals surface area contributed by atoms with Crippen molar-refractivity contribution >= 4 is 34.6 Å². The number of esters is 1. The van der Waals surface area contributed by atoms with Crippen LogP contribution in [0.25, 0.3) is 16.7 Å². The molecule has 29 heavy (non-hydrogen) atoms. The minimum absolute atomic E-state index is 0.0277. The number of aromatic nitrogens is 2. The number of rotatable bonds is 4. The van der Waals surface area contributed by atoms with E-state index in [9.17, 15) is 4.79 Å². The zero-order valence-electron chi connectivity index (χ0n) is 17.1. The Labute approximate surface area is 176 Å². The van der Waals surface area contributed by atoms with Gasteiger partial charge in [-0.25, -0.2) is 4.98 Å². The maximum Gasteiger partial charge on any atom is 0.309 e. The molecule has 0 spiro atoms. The third-order valence-corrected chi connectivity index (χ3v) is 6.01. The number of hydrogen-bond acceptors (Lipinski definition) is 4. The van der Waals surface area contributed by atoms with Gasteiger partial charge in [0.1, 0.15) is 0 Å². The monoisotopic (exact) mass is 411 g/mol. The van der Waals surface area contributed by atoms with E-state index >= 15 is 0 Å². The van der Waals surface area contributed by atoms with Crippen LogP contribution in [-0.2, 0) is 9.53 Å². The van der Waals surface area contributed by atoms with E-state index in [1.54, 1.807) is 0 Å². The molecule has 5 nitrogen and oxygen atoms in total. The van der Waals surface area contributed by atoms with E-state index < -0.39 is 0 Å². The molecule has 4 rings (SSSR count). The number of nitrogens with zero attached hydrogens (tertiary/aromatic N) is 3. The molecule has 1 aliphatic heterocycles. The van der Waals surface area contributed by atoms with Crippen LogP contribution in [0.15, 0.2) is 36.4 Å². The predicted molar refractivity (Wildman–Crippen MR) is 117 cm³/mol. The van der Waals surface area contributed by atoms with Crippen LogP contribution in [0.4, 0.5) is 5.95 Å². The van der Waals surface area contributed by atoms with Crippen LogP contribution in [0.2, 0.25) is 5.02 Å². The van der Waals surface area contributed by atoms with Crippen LogP contribution >= 0.6 is 11.6 Å². The Morgan fingerprint density at radius 3 is 2.52 bits per heavy atom.